The van der Waals surface area contributed by atoms with Gasteiger partial charge in [-0.15, -0.1) is 0 Å². The molecule has 0 bridgehead atoms. The lowest BCUT2D eigenvalue weighted by Crippen LogP contribution is -2.38. The highest BCUT2D eigenvalue weighted by molar-refractivity contribution is 6.33. The van der Waals surface area contributed by atoms with Crippen LogP contribution in [0.5, 0.6) is 5.75 Å². The van der Waals surface area contributed by atoms with Gasteiger partial charge < -0.3 is 14.8 Å². The van der Waals surface area contributed by atoms with Gasteiger partial charge >= 0.3 is 0 Å². The minimum atomic E-state index is -0.244. The zero-order valence-electron chi connectivity index (χ0n) is 15.1. The first-order valence-corrected chi connectivity index (χ1v) is 9.35. The Bertz CT molecular complexity index is 774. The van der Waals surface area contributed by atoms with E-state index >= 15 is 0 Å². The standard InChI is InChI=1S/C21H23ClN2O3/c22-19-8-7-18(27-15-12-24-10-13-26-14-11-24)16-20(19)23-21(25)9-6-17-4-2-1-3-5-17/h1-9,16H,10-15H2,(H,23,25)/b9-6+. The summed E-state index contributed by atoms with van der Waals surface area (Å²) in [4.78, 5) is 14.5. The average Bonchev–Trinajstić information content (AvgIpc) is 2.70. The number of benzene rings is 2. The van der Waals surface area contributed by atoms with Gasteiger partial charge in [-0.25, -0.2) is 0 Å². The predicted octanol–water partition coefficient (Wildman–Crippen LogP) is 3.70. The molecule has 2 aromatic carbocycles. The van der Waals surface area contributed by atoms with Crippen LogP contribution in [0.15, 0.2) is 54.6 Å². The number of anilines is 1. The van der Waals surface area contributed by atoms with E-state index < -0.39 is 0 Å². The monoisotopic (exact) mass is 386 g/mol. The topological polar surface area (TPSA) is 50.8 Å². The van der Waals surface area contributed by atoms with Gasteiger partial charge in [-0.05, 0) is 23.8 Å². The molecule has 0 saturated carbocycles. The van der Waals surface area contributed by atoms with Crippen molar-refractivity contribution in [1.82, 2.24) is 4.90 Å². The van der Waals surface area contributed by atoms with Crippen molar-refractivity contribution in [2.45, 2.75) is 0 Å². The zero-order valence-corrected chi connectivity index (χ0v) is 15.8. The molecule has 1 aliphatic rings. The molecule has 1 fully saturated rings. The maximum absolute atomic E-state index is 12.2. The molecule has 0 aliphatic carbocycles. The number of halogens is 1. The SMILES string of the molecule is O=C(/C=C/c1ccccc1)Nc1cc(OCCN2CCOCC2)ccc1Cl. The Morgan fingerprint density at radius 1 is 1.19 bits per heavy atom. The first kappa shape index (κ1) is 19.4. The molecule has 142 valence electrons. The van der Waals surface area contributed by atoms with E-state index in [1.807, 2.05) is 30.3 Å². The van der Waals surface area contributed by atoms with Crippen LogP contribution in [-0.2, 0) is 9.53 Å². The molecule has 0 aromatic heterocycles. The Balaban J connectivity index is 1.53. The second-order valence-electron chi connectivity index (χ2n) is 6.18. The lowest BCUT2D eigenvalue weighted by Gasteiger charge is -2.26. The van der Waals surface area contributed by atoms with Crippen molar-refractivity contribution in [3.63, 3.8) is 0 Å². The summed E-state index contributed by atoms with van der Waals surface area (Å²) in [5, 5.41) is 3.27. The number of carbonyl (C=O) groups is 1. The van der Waals surface area contributed by atoms with E-state index in [4.69, 9.17) is 21.1 Å². The normalized spacial score (nSPS) is 15.0. The number of hydrogen-bond acceptors (Lipinski definition) is 4. The third kappa shape index (κ3) is 6.40. The molecule has 1 amide bonds. The summed E-state index contributed by atoms with van der Waals surface area (Å²) >= 11 is 6.20. The number of hydrogen-bond donors (Lipinski definition) is 1. The average molecular weight is 387 g/mol. The second-order valence-corrected chi connectivity index (χ2v) is 6.58. The number of nitrogens with one attached hydrogen (secondary N) is 1. The van der Waals surface area contributed by atoms with Gasteiger partial charge in [0, 0.05) is 31.8 Å². The van der Waals surface area contributed by atoms with Crippen molar-refractivity contribution in [2.24, 2.45) is 0 Å². The highest BCUT2D eigenvalue weighted by Gasteiger charge is 2.10. The van der Waals surface area contributed by atoms with Crippen molar-refractivity contribution in [3.8, 4) is 5.75 Å². The molecular weight excluding hydrogens is 364 g/mol. The molecule has 0 spiro atoms. The minimum absolute atomic E-state index is 0.244. The molecule has 27 heavy (non-hydrogen) atoms. The summed E-state index contributed by atoms with van der Waals surface area (Å²) in [6, 6.07) is 14.9. The van der Waals surface area contributed by atoms with Crippen LogP contribution >= 0.6 is 11.6 Å². The van der Waals surface area contributed by atoms with Crippen LogP contribution in [0.1, 0.15) is 5.56 Å². The molecule has 5 nitrogen and oxygen atoms in total. The van der Waals surface area contributed by atoms with Gasteiger partial charge in [0.2, 0.25) is 5.91 Å². The van der Waals surface area contributed by atoms with Crippen LogP contribution in [0.3, 0.4) is 0 Å². The van der Waals surface area contributed by atoms with Gasteiger partial charge in [0.1, 0.15) is 12.4 Å². The summed E-state index contributed by atoms with van der Waals surface area (Å²) in [7, 11) is 0. The van der Waals surface area contributed by atoms with Gasteiger partial charge in [-0.3, -0.25) is 9.69 Å². The molecular formula is C21H23ClN2O3. The summed E-state index contributed by atoms with van der Waals surface area (Å²) in [5.74, 6) is 0.432. The smallest absolute Gasteiger partial charge is 0.248 e. The molecule has 0 unspecified atom stereocenters. The lowest BCUT2D eigenvalue weighted by atomic mass is 10.2. The predicted molar refractivity (Wildman–Crippen MR) is 108 cm³/mol. The largest absolute Gasteiger partial charge is 0.492 e. The van der Waals surface area contributed by atoms with Crippen molar-refractivity contribution in [3.05, 3.63) is 65.2 Å². The molecule has 3 rings (SSSR count). The van der Waals surface area contributed by atoms with E-state index in [9.17, 15) is 4.79 Å². The van der Waals surface area contributed by atoms with Crippen LogP contribution in [0.4, 0.5) is 5.69 Å². The number of amides is 1. The highest BCUT2D eigenvalue weighted by Crippen LogP contribution is 2.27. The Kier molecular flexibility index (Phi) is 7.27. The van der Waals surface area contributed by atoms with Crippen LogP contribution in [0, 0.1) is 0 Å². The third-order valence-corrected chi connectivity index (χ3v) is 4.53. The molecule has 0 radical (unpaired) electrons. The van der Waals surface area contributed by atoms with Gasteiger partial charge in [-0.1, -0.05) is 41.9 Å². The fourth-order valence-electron chi connectivity index (χ4n) is 2.72. The Morgan fingerprint density at radius 2 is 1.96 bits per heavy atom. The molecule has 1 aliphatic heterocycles. The fourth-order valence-corrected chi connectivity index (χ4v) is 2.88. The molecule has 2 aromatic rings. The van der Waals surface area contributed by atoms with E-state index in [0.717, 1.165) is 38.4 Å². The number of nitrogens with zero attached hydrogens (tertiary/aromatic N) is 1. The number of rotatable bonds is 7. The summed E-state index contributed by atoms with van der Waals surface area (Å²) < 4.78 is 11.1. The molecule has 0 atom stereocenters. The van der Waals surface area contributed by atoms with Gasteiger partial charge in [0.25, 0.3) is 0 Å². The number of carbonyl (C=O) groups excluding carboxylic acids is 1. The summed E-state index contributed by atoms with van der Waals surface area (Å²) in [6.07, 6.45) is 3.24. The van der Waals surface area contributed by atoms with Crippen LogP contribution in [-0.4, -0.2) is 50.3 Å². The Labute approximate surface area is 164 Å². The van der Waals surface area contributed by atoms with Gasteiger partial charge in [0.05, 0.1) is 23.9 Å². The molecule has 1 saturated heterocycles. The van der Waals surface area contributed by atoms with Crippen LogP contribution in [0.25, 0.3) is 6.08 Å². The van der Waals surface area contributed by atoms with E-state index in [0.29, 0.717) is 23.1 Å². The molecule has 1 heterocycles. The van der Waals surface area contributed by atoms with Gasteiger partial charge in [-0.2, -0.15) is 0 Å². The Morgan fingerprint density at radius 3 is 2.74 bits per heavy atom. The van der Waals surface area contributed by atoms with Crippen molar-refractivity contribution >= 4 is 29.3 Å². The Hall–Kier alpha value is -2.34. The van der Waals surface area contributed by atoms with Crippen molar-refractivity contribution in [2.75, 3.05) is 44.8 Å². The fraction of sp³-hybridized carbons (Fsp3) is 0.286. The van der Waals surface area contributed by atoms with Crippen LogP contribution in [0.2, 0.25) is 5.02 Å². The van der Waals surface area contributed by atoms with E-state index in [-0.39, 0.29) is 5.91 Å². The third-order valence-electron chi connectivity index (χ3n) is 4.20. The number of ether oxygens (including phenoxy) is 2. The zero-order chi connectivity index (χ0) is 18.9. The second kappa shape index (κ2) is 10.1. The molecule has 1 N–H and O–H groups in total. The van der Waals surface area contributed by atoms with E-state index in [1.54, 1.807) is 24.3 Å². The lowest BCUT2D eigenvalue weighted by molar-refractivity contribution is -0.111. The van der Waals surface area contributed by atoms with E-state index in [1.165, 1.54) is 6.08 Å². The maximum atomic E-state index is 12.2. The van der Waals surface area contributed by atoms with Gasteiger partial charge in [0.15, 0.2) is 0 Å². The highest BCUT2D eigenvalue weighted by atomic mass is 35.5. The maximum Gasteiger partial charge on any atom is 0.248 e. The number of morpholine rings is 1. The minimum Gasteiger partial charge on any atom is -0.492 e. The summed E-state index contributed by atoms with van der Waals surface area (Å²) in [6.45, 7) is 4.82. The quantitative estimate of drug-likeness (QED) is 0.737. The first-order chi connectivity index (χ1) is 13.2. The van der Waals surface area contributed by atoms with E-state index in [2.05, 4.69) is 10.2 Å². The van der Waals surface area contributed by atoms with Crippen LogP contribution < -0.4 is 10.1 Å². The van der Waals surface area contributed by atoms with Crippen molar-refractivity contribution < 1.29 is 14.3 Å². The van der Waals surface area contributed by atoms with Crippen molar-refractivity contribution in [1.29, 1.82) is 0 Å². The molecule has 6 heteroatoms. The summed E-state index contributed by atoms with van der Waals surface area (Å²) in [5.41, 5.74) is 1.49. The first-order valence-electron chi connectivity index (χ1n) is 8.97.